The number of amides is 2. The molecule has 8 nitrogen and oxygen atoms in total. The standard InChI is InChI=1S/C44H48F2N2O6/c1-43(2,3)32-12-19-36(20-13-32)54-37-18-11-30-26-39(48(27-31(30)25-37)40(49)24-28-7-5-6-8-28)41(50)47-38(42(51)52)23-29-9-16-34(17-10-29)53-35-21-14-33(15-22-35)44(4,45)46/h9-22,25,28,38-39H,5-8,23-24,26-27H2,1-4H3,(H,47,50)(H,51,52)/t38-,39-/m0/s1. The van der Waals surface area contributed by atoms with Gasteiger partial charge in [-0.3, -0.25) is 9.59 Å². The van der Waals surface area contributed by atoms with E-state index in [9.17, 15) is 28.3 Å². The normalized spacial score (nSPS) is 16.7. The van der Waals surface area contributed by atoms with Crippen LogP contribution in [0.15, 0.2) is 91.0 Å². The maximum atomic E-state index is 14.0. The molecular weight excluding hydrogens is 690 g/mol. The quantitative estimate of drug-likeness (QED) is 0.150. The Bertz CT molecular complexity index is 1940. The molecule has 10 heteroatoms. The summed E-state index contributed by atoms with van der Waals surface area (Å²) in [6.45, 7) is 7.51. The van der Waals surface area contributed by atoms with Gasteiger partial charge in [0.05, 0.1) is 0 Å². The van der Waals surface area contributed by atoms with Gasteiger partial charge in [-0.05, 0) is 107 Å². The number of rotatable bonds is 12. The molecule has 4 aromatic carbocycles. The van der Waals surface area contributed by atoms with Crippen LogP contribution in [0, 0.1) is 5.92 Å². The first-order valence-corrected chi connectivity index (χ1v) is 18.6. The second kappa shape index (κ2) is 16.0. The molecule has 1 aliphatic heterocycles. The van der Waals surface area contributed by atoms with Crippen molar-refractivity contribution in [3.8, 4) is 23.0 Å². The fourth-order valence-corrected chi connectivity index (χ4v) is 7.21. The minimum absolute atomic E-state index is 0.00160. The predicted molar refractivity (Wildman–Crippen MR) is 202 cm³/mol. The van der Waals surface area contributed by atoms with Gasteiger partial charge in [0, 0.05) is 38.3 Å². The van der Waals surface area contributed by atoms with Gasteiger partial charge in [0.15, 0.2) is 0 Å². The maximum absolute atomic E-state index is 14.0. The van der Waals surface area contributed by atoms with Gasteiger partial charge in [-0.1, -0.05) is 63.9 Å². The predicted octanol–water partition coefficient (Wildman–Crippen LogP) is 9.33. The molecule has 0 saturated heterocycles. The Balaban J connectivity index is 1.15. The van der Waals surface area contributed by atoms with E-state index in [-0.39, 0.29) is 42.2 Å². The molecule has 0 spiro atoms. The first-order valence-electron chi connectivity index (χ1n) is 18.6. The number of nitrogens with zero attached hydrogens (tertiary/aromatic N) is 1. The monoisotopic (exact) mass is 738 g/mol. The van der Waals surface area contributed by atoms with Crippen molar-refractivity contribution in [2.75, 3.05) is 0 Å². The molecule has 4 aromatic rings. The molecule has 2 atom stereocenters. The summed E-state index contributed by atoms with van der Waals surface area (Å²) in [6, 6.07) is 23.8. The Labute approximate surface area is 315 Å². The van der Waals surface area contributed by atoms with Crippen LogP contribution < -0.4 is 14.8 Å². The Morgan fingerprint density at radius 1 is 0.778 bits per heavy atom. The Morgan fingerprint density at radius 2 is 1.31 bits per heavy atom. The van der Waals surface area contributed by atoms with E-state index in [0.717, 1.165) is 43.7 Å². The second-order valence-corrected chi connectivity index (χ2v) is 15.7. The third-order valence-electron chi connectivity index (χ3n) is 10.4. The SMILES string of the molecule is CC(C)(C)c1ccc(Oc2ccc3c(c2)CN(C(=O)CC2CCCC2)[C@H](C(=O)N[C@@H](Cc2ccc(Oc4ccc(C(C)(F)F)cc4)cc2)C(=O)O)C3)cc1. The molecule has 2 aliphatic rings. The zero-order valence-electron chi connectivity index (χ0n) is 31.2. The zero-order valence-corrected chi connectivity index (χ0v) is 31.2. The maximum Gasteiger partial charge on any atom is 0.326 e. The highest BCUT2D eigenvalue weighted by Gasteiger charge is 2.37. The zero-order chi connectivity index (χ0) is 38.6. The van der Waals surface area contributed by atoms with Crippen LogP contribution >= 0.6 is 0 Å². The minimum Gasteiger partial charge on any atom is -0.480 e. The average Bonchev–Trinajstić information content (AvgIpc) is 3.64. The van der Waals surface area contributed by atoms with Gasteiger partial charge in [-0.2, -0.15) is 0 Å². The number of carboxylic acids is 1. The molecule has 2 amide bonds. The van der Waals surface area contributed by atoms with E-state index in [4.69, 9.17) is 9.47 Å². The summed E-state index contributed by atoms with van der Waals surface area (Å²) in [5.41, 5.74) is 3.52. The topological polar surface area (TPSA) is 105 Å². The van der Waals surface area contributed by atoms with E-state index < -0.39 is 29.9 Å². The largest absolute Gasteiger partial charge is 0.480 e. The van der Waals surface area contributed by atoms with Crippen molar-refractivity contribution in [2.24, 2.45) is 5.92 Å². The van der Waals surface area contributed by atoms with Crippen molar-refractivity contribution in [1.29, 1.82) is 0 Å². The summed E-state index contributed by atoms with van der Waals surface area (Å²) in [4.78, 5) is 41.9. The lowest BCUT2D eigenvalue weighted by atomic mass is 9.87. The van der Waals surface area contributed by atoms with E-state index in [0.29, 0.717) is 35.0 Å². The van der Waals surface area contributed by atoms with Crippen LogP contribution in [-0.4, -0.2) is 39.9 Å². The summed E-state index contributed by atoms with van der Waals surface area (Å²) < 4.78 is 39.1. The Morgan fingerprint density at radius 3 is 1.87 bits per heavy atom. The number of hydrogen-bond donors (Lipinski definition) is 2. The fourth-order valence-electron chi connectivity index (χ4n) is 7.21. The summed E-state index contributed by atoms with van der Waals surface area (Å²) in [5.74, 6) is -2.38. The fraction of sp³-hybridized carbons (Fsp3) is 0.386. The smallest absolute Gasteiger partial charge is 0.326 e. The van der Waals surface area contributed by atoms with Crippen molar-refractivity contribution < 1.29 is 37.7 Å². The number of aliphatic carboxylic acids is 1. The summed E-state index contributed by atoms with van der Waals surface area (Å²) in [5, 5.41) is 12.9. The number of carbonyl (C=O) groups is 3. The first kappa shape index (κ1) is 38.5. The number of alkyl halides is 2. The number of carbonyl (C=O) groups excluding carboxylic acids is 2. The number of nitrogens with one attached hydrogen (secondary N) is 1. The van der Waals surface area contributed by atoms with Crippen LogP contribution in [0.25, 0.3) is 0 Å². The van der Waals surface area contributed by atoms with Gasteiger partial charge in [0.25, 0.3) is 5.92 Å². The van der Waals surface area contributed by atoms with Crippen molar-refractivity contribution >= 4 is 17.8 Å². The van der Waals surface area contributed by atoms with Gasteiger partial charge in [-0.15, -0.1) is 0 Å². The molecule has 0 bridgehead atoms. The van der Waals surface area contributed by atoms with Crippen LogP contribution in [0.5, 0.6) is 23.0 Å². The van der Waals surface area contributed by atoms with Crippen molar-refractivity contribution in [2.45, 2.75) is 103 Å². The number of ether oxygens (including phenoxy) is 2. The molecule has 1 saturated carbocycles. The van der Waals surface area contributed by atoms with E-state index in [2.05, 4.69) is 38.2 Å². The lowest BCUT2D eigenvalue weighted by Gasteiger charge is -2.37. The van der Waals surface area contributed by atoms with Crippen molar-refractivity contribution in [3.05, 3.63) is 119 Å². The number of carboxylic acid groups (broad SMARTS) is 1. The number of benzene rings is 4. The van der Waals surface area contributed by atoms with Gasteiger partial charge in [0.2, 0.25) is 11.8 Å². The Kier molecular flexibility index (Phi) is 11.4. The van der Waals surface area contributed by atoms with Crippen molar-refractivity contribution in [1.82, 2.24) is 10.2 Å². The molecular formula is C44H48F2N2O6. The summed E-state index contributed by atoms with van der Waals surface area (Å²) in [7, 11) is 0. The molecule has 2 N–H and O–H groups in total. The lowest BCUT2D eigenvalue weighted by Crippen LogP contribution is -2.56. The first-order chi connectivity index (χ1) is 25.6. The number of hydrogen-bond acceptors (Lipinski definition) is 5. The highest BCUT2D eigenvalue weighted by molar-refractivity contribution is 5.91. The van der Waals surface area contributed by atoms with Gasteiger partial charge < -0.3 is 24.8 Å². The van der Waals surface area contributed by atoms with Crippen molar-refractivity contribution in [3.63, 3.8) is 0 Å². The molecule has 6 rings (SSSR count). The lowest BCUT2D eigenvalue weighted by molar-refractivity contribution is -0.145. The molecule has 0 radical (unpaired) electrons. The molecule has 1 heterocycles. The molecule has 1 fully saturated rings. The second-order valence-electron chi connectivity index (χ2n) is 15.7. The third-order valence-corrected chi connectivity index (χ3v) is 10.4. The van der Waals surface area contributed by atoms with E-state index in [1.165, 1.54) is 29.8 Å². The third kappa shape index (κ3) is 9.64. The van der Waals surface area contributed by atoms with E-state index in [1.807, 2.05) is 30.3 Å². The highest BCUT2D eigenvalue weighted by atomic mass is 19.3. The average molecular weight is 739 g/mol. The highest BCUT2D eigenvalue weighted by Crippen LogP contribution is 2.34. The number of fused-ring (bicyclic) bond motifs is 1. The van der Waals surface area contributed by atoms with Gasteiger partial charge >= 0.3 is 5.97 Å². The van der Waals surface area contributed by atoms with Crippen LogP contribution in [-0.2, 0) is 45.1 Å². The molecule has 54 heavy (non-hydrogen) atoms. The summed E-state index contributed by atoms with van der Waals surface area (Å²) >= 11 is 0. The molecule has 0 aromatic heterocycles. The molecule has 0 unspecified atom stereocenters. The summed E-state index contributed by atoms with van der Waals surface area (Å²) in [6.07, 6.45) is 4.72. The van der Waals surface area contributed by atoms with Gasteiger partial charge in [0.1, 0.15) is 35.1 Å². The number of halogens is 2. The van der Waals surface area contributed by atoms with Crippen LogP contribution in [0.3, 0.4) is 0 Å². The van der Waals surface area contributed by atoms with Crippen LogP contribution in [0.2, 0.25) is 0 Å². The minimum atomic E-state index is -2.96. The van der Waals surface area contributed by atoms with Crippen LogP contribution in [0.1, 0.15) is 87.6 Å². The van der Waals surface area contributed by atoms with Gasteiger partial charge in [-0.25, -0.2) is 13.6 Å². The molecule has 284 valence electrons. The van der Waals surface area contributed by atoms with E-state index in [1.54, 1.807) is 29.2 Å². The van der Waals surface area contributed by atoms with E-state index >= 15 is 0 Å². The molecule has 1 aliphatic carbocycles. The van der Waals surface area contributed by atoms with Crippen LogP contribution in [0.4, 0.5) is 8.78 Å². The Hall–Kier alpha value is -5.25.